The Bertz CT molecular complexity index is 732. The lowest BCUT2D eigenvalue weighted by atomic mass is 10.2. The number of ether oxygens (including phenoxy) is 2. The van der Waals surface area contributed by atoms with Crippen LogP contribution < -0.4 is 15.0 Å². The van der Waals surface area contributed by atoms with E-state index in [2.05, 4.69) is 4.98 Å². The van der Waals surface area contributed by atoms with E-state index in [-0.39, 0.29) is 18.2 Å². The van der Waals surface area contributed by atoms with Crippen molar-refractivity contribution in [3.05, 3.63) is 51.9 Å². The van der Waals surface area contributed by atoms with E-state index in [0.29, 0.717) is 23.6 Å². The molecule has 0 saturated carbocycles. The predicted octanol–water partition coefficient (Wildman–Crippen LogP) is 1.51. The molecule has 2 rings (SSSR count). The molecule has 0 aliphatic carbocycles. The predicted molar refractivity (Wildman–Crippen MR) is 76.4 cm³/mol. The van der Waals surface area contributed by atoms with Crippen molar-refractivity contribution < 1.29 is 9.47 Å². The summed E-state index contributed by atoms with van der Waals surface area (Å²) in [5, 5.41) is 8.82. The molecule has 1 aromatic carbocycles. The van der Waals surface area contributed by atoms with Crippen molar-refractivity contribution in [2.45, 2.75) is 13.5 Å². The number of aromatic nitrogens is 2. The van der Waals surface area contributed by atoms with Crippen molar-refractivity contribution >= 4 is 0 Å². The molecule has 0 saturated heterocycles. The van der Waals surface area contributed by atoms with E-state index in [4.69, 9.17) is 14.7 Å². The van der Waals surface area contributed by atoms with Crippen LogP contribution in [0.15, 0.2) is 35.1 Å². The lowest BCUT2D eigenvalue weighted by Gasteiger charge is -2.11. The highest BCUT2D eigenvalue weighted by Crippen LogP contribution is 2.12. The lowest BCUT2D eigenvalue weighted by molar-refractivity contribution is 0.274. The molecule has 1 heterocycles. The fourth-order valence-corrected chi connectivity index (χ4v) is 1.87. The minimum Gasteiger partial charge on any atom is -0.492 e. The normalized spacial score (nSPS) is 9.95. The average molecular weight is 285 g/mol. The van der Waals surface area contributed by atoms with Crippen LogP contribution in [0.4, 0.5) is 0 Å². The van der Waals surface area contributed by atoms with Gasteiger partial charge in [-0.2, -0.15) is 5.26 Å². The second-order valence-corrected chi connectivity index (χ2v) is 4.36. The zero-order valence-corrected chi connectivity index (χ0v) is 11.9. The largest absolute Gasteiger partial charge is 0.492 e. The van der Waals surface area contributed by atoms with Gasteiger partial charge in [-0.25, -0.2) is 4.98 Å². The molecule has 0 fully saturated rings. The molecule has 0 spiro atoms. The number of rotatable bonds is 5. The minimum atomic E-state index is -0.186. The van der Waals surface area contributed by atoms with Crippen LogP contribution in [0.5, 0.6) is 11.8 Å². The number of nitrogens with zero attached hydrogens (tertiary/aromatic N) is 3. The van der Waals surface area contributed by atoms with Crippen LogP contribution in [0.2, 0.25) is 0 Å². The molecule has 108 valence electrons. The van der Waals surface area contributed by atoms with E-state index in [1.165, 1.54) is 17.7 Å². The van der Waals surface area contributed by atoms with E-state index in [1.807, 2.05) is 6.07 Å². The third kappa shape index (κ3) is 3.60. The lowest BCUT2D eigenvalue weighted by Crippen LogP contribution is -2.25. The van der Waals surface area contributed by atoms with Gasteiger partial charge < -0.3 is 9.47 Å². The van der Waals surface area contributed by atoms with Gasteiger partial charge in [-0.05, 0) is 25.1 Å². The van der Waals surface area contributed by atoms with Gasteiger partial charge in [-0.15, -0.1) is 0 Å². The van der Waals surface area contributed by atoms with Crippen LogP contribution in [0.3, 0.4) is 0 Å². The topological polar surface area (TPSA) is 77.1 Å². The Labute approximate surface area is 122 Å². The zero-order chi connectivity index (χ0) is 15.2. The zero-order valence-electron chi connectivity index (χ0n) is 11.9. The number of methoxy groups -OCH3 is 1. The van der Waals surface area contributed by atoms with Gasteiger partial charge in [0, 0.05) is 11.8 Å². The summed E-state index contributed by atoms with van der Waals surface area (Å²) in [5.41, 5.74) is 0.948. The summed E-state index contributed by atoms with van der Waals surface area (Å²) in [5.74, 6) is 0.584. The van der Waals surface area contributed by atoms with Gasteiger partial charge in [0.2, 0.25) is 0 Å². The Morgan fingerprint density at radius 2 is 2.19 bits per heavy atom. The monoisotopic (exact) mass is 285 g/mol. The number of hydrogen-bond donors (Lipinski definition) is 0. The van der Waals surface area contributed by atoms with E-state index >= 15 is 0 Å². The summed E-state index contributed by atoms with van der Waals surface area (Å²) in [7, 11) is 1.47. The quantitative estimate of drug-likeness (QED) is 0.832. The second-order valence-electron chi connectivity index (χ2n) is 4.36. The summed E-state index contributed by atoms with van der Waals surface area (Å²) < 4.78 is 12.0. The maximum Gasteiger partial charge on any atom is 0.299 e. The first kappa shape index (κ1) is 14.6. The van der Waals surface area contributed by atoms with Gasteiger partial charge in [0.1, 0.15) is 12.4 Å². The molecule has 0 amide bonds. The summed E-state index contributed by atoms with van der Waals surface area (Å²) in [6, 6.07) is 10.6. The molecule has 6 nitrogen and oxygen atoms in total. The Kier molecular flexibility index (Phi) is 4.57. The first-order chi connectivity index (χ1) is 10.1. The molecule has 0 radical (unpaired) electrons. The number of aryl methyl sites for hydroxylation is 1. The van der Waals surface area contributed by atoms with Gasteiger partial charge in [-0.3, -0.25) is 9.36 Å². The molecule has 0 aliphatic heterocycles. The smallest absolute Gasteiger partial charge is 0.299 e. The van der Waals surface area contributed by atoms with Gasteiger partial charge in [0.25, 0.3) is 11.6 Å². The first-order valence-corrected chi connectivity index (χ1v) is 6.39. The fourth-order valence-electron chi connectivity index (χ4n) is 1.87. The minimum absolute atomic E-state index is 0.186. The Morgan fingerprint density at radius 1 is 1.38 bits per heavy atom. The van der Waals surface area contributed by atoms with Gasteiger partial charge in [-0.1, -0.05) is 6.07 Å². The summed E-state index contributed by atoms with van der Waals surface area (Å²) in [6.07, 6.45) is 0. The molecule has 0 bridgehead atoms. The SMILES string of the molecule is COc1nc(C)cc(=O)n1CCOc1cccc(C#N)c1. The van der Waals surface area contributed by atoms with Crippen LogP contribution in [0.1, 0.15) is 11.3 Å². The highest BCUT2D eigenvalue weighted by molar-refractivity contribution is 5.36. The standard InChI is InChI=1S/C15H15N3O3/c1-11-8-14(19)18(15(17-11)20-2)6-7-21-13-5-3-4-12(9-13)10-16/h3-5,8-9H,6-7H2,1-2H3. The van der Waals surface area contributed by atoms with Crippen molar-refractivity contribution in [3.63, 3.8) is 0 Å². The molecule has 0 N–H and O–H groups in total. The molecule has 0 atom stereocenters. The van der Waals surface area contributed by atoms with Crippen LogP contribution >= 0.6 is 0 Å². The molecule has 0 unspecified atom stereocenters. The average Bonchev–Trinajstić information content (AvgIpc) is 2.49. The van der Waals surface area contributed by atoms with E-state index < -0.39 is 0 Å². The van der Waals surface area contributed by atoms with Crippen molar-refractivity contribution in [2.24, 2.45) is 0 Å². The Hall–Kier alpha value is -2.81. The summed E-state index contributed by atoms with van der Waals surface area (Å²) >= 11 is 0. The number of hydrogen-bond acceptors (Lipinski definition) is 5. The Morgan fingerprint density at radius 3 is 2.90 bits per heavy atom. The van der Waals surface area contributed by atoms with Crippen molar-refractivity contribution in [1.82, 2.24) is 9.55 Å². The first-order valence-electron chi connectivity index (χ1n) is 6.39. The summed E-state index contributed by atoms with van der Waals surface area (Å²) in [6.45, 7) is 2.32. The molecule has 21 heavy (non-hydrogen) atoms. The molecular weight excluding hydrogens is 270 g/mol. The molecular formula is C15H15N3O3. The van der Waals surface area contributed by atoms with E-state index in [1.54, 1.807) is 31.2 Å². The molecule has 1 aromatic heterocycles. The third-order valence-electron chi connectivity index (χ3n) is 2.83. The van der Waals surface area contributed by atoms with Gasteiger partial charge in [0.05, 0.1) is 25.3 Å². The van der Waals surface area contributed by atoms with E-state index in [9.17, 15) is 4.79 Å². The van der Waals surface area contributed by atoms with Crippen molar-refractivity contribution in [3.8, 4) is 17.8 Å². The third-order valence-corrected chi connectivity index (χ3v) is 2.83. The molecule has 6 heteroatoms. The second kappa shape index (κ2) is 6.57. The highest BCUT2D eigenvalue weighted by Gasteiger charge is 2.07. The van der Waals surface area contributed by atoms with Crippen LogP contribution in [0.25, 0.3) is 0 Å². The molecule has 2 aromatic rings. The van der Waals surface area contributed by atoms with Gasteiger partial charge in [0.15, 0.2) is 0 Å². The maximum atomic E-state index is 11.9. The van der Waals surface area contributed by atoms with Crippen molar-refractivity contribution in [2.75, 3.05) is 13.7 Å². The van der Waals surface area contributed by atoms with Gasteiger partial charge >= 0.3 is 0 Å². The number of nitriles is 1. The van der Waals surface area contributed by atoms with E-state index in [0.717, 1.165) is 0 Å². The van der Waals surface area contributed by atoms with Crippen molar-refractivity contribution in [1.29, 1.82) is 5.26 Å². The maximum absolute atomic E-state index is 11.9. The Balaban J connectivity index is 2.07. The fraction of sp³-hybridized carbons (Fsp3) is 0.267. The van der Waals surface area contributed by atoms with Crippen LogP contribution in [-0.4, -0.2) is 23.3 Å². The highest BCUT2D eigenvalue weighted by atomic mass is 16.5. The molecule has 0 aliphatic rings. The summed E-state index contributed by atoms with van der Waals surface area (Å²) in [4.78, 5) is 16.1. The number of benzene rings is 1. The van der Waals surface area contributed by atoms with Crippen LogP contribution in [-0.2, 0) is 6.54 Å². The van der Waals surface area contributed by atoms with Crippen LogP contribution in [0, 0.1) is 18.3 Å².